The van der Waals surface area contributed by atoms with Crippen LogP contribution in [0.1, 0.15) is 107 Å². The predicted octanol–water partition coefficient (Wildman–Crippen LogP) is 14.8. The van der Waals surface area contributed by atoms with Crippen LogP contribution in [0.25, 0.3) is 66.1 Å². The second kappa shape index (κ2) is 32.4. The number of hydrogen-bond donors (Lipinski definition) is 2. The van der Waals surface area contributed by atoms with Crippen molar-refractivity contribution in [1.82, 2.24) is 49.3 Å². The summed E-state index contributed by atoms with van der Waals surface area (Å²) in [6, 6.07) is 30.8. The summed E-state index contributed by atoms with van der Waals surface area (Å²) < 4.78 is 43.0. The van der Waals surface area contributed by atoms with Gasteiger partial charge in [0.1, 0.15) is 52.8 Å². The van der Waals surface area contributed by atoms with Crippen molar-refractivity contribution in [3.63, 3.8) is 0 Å². The number of aryl methyl sites for hydroxylation is 1. The van der Waals surface area contributed by atoms with E-state index < -0.39 is 45.2 Å². The van der Waals surface area contributed by atoms with Gasteiger partial charge < -0.3 is 24.3 Å². The van der Waals surface area contributed by atoms with Crippen LogP contribution in [-0.4, -0.2) is 137 Å². The van der Waals surface area contributed by atoms with E-state index in [2.05, 4.69) is 34.9 Å². The number of amides is 2. The third-order valence-corrected chi connectivity index (χ3v) is 18.3. The molecule has 2 aliphatic heterocycles. The van der Waals surface area contributed by atoms with Crippen molar-refractivity contribution in [2.24, 2.45) is 18.9 Å². The number of para-hydroxylation sites is 2. The van der Waals surface area contributed by atoms with E-state index in [0.717, 1.165) is 34.8 Å². The molecule has 0 unspecified atom stereocenters. The molecule has 0 bridgehead atoms. The van der Waals surface area contributed by atoms with Crippen LogP contribution in [0, 0.1) is 23.5 Å². The van der Waals surface area contributed by atoms with Crippen molar-refractivity contribution in [3.8, 4) is 22.3 Å². The molecule has 101 heavy (non-hydrogen) atoms. The van der Waals surface area contributed by atoms with Crippen LogP contribution < -0.4 is 0 Å². The molecule has 6 aromatic carbocycles. The molecule has 21 nitrogen and oxygen atoms in total. The van der Waals surface area contributed by atoms with E-state index in [4.69, 9.17) is 72.3 Å². The lowest BCUT2D eigenvalue weighted by Gasteiger charge is -2.30. The number of alkyl halides is 3. The van der Waals surface area contributed by atoms with Crippen LogP contribution in [0.2, 0.25) is 10.0 Å². The Labute approximate surface area is 610 Å². The summed E-state index contributed by atoms with van der Waals surface area (Å²) in [5.74, 6) is -1.66. The van der Waals surface area contributed by atoms with Gasteiger partial charge in [-0.2, -0.15) is 33.3 Å². The number of H-pyrrole nitrogens is 2. The minimum Gasteiger partial charge on any atom is -0.461 e. The van der Waals surface area contributed by atoms with E-state index in [9.17, 15) is 33.6 Å². The minimum absolute atomic E-state index is 0. The average Bonchev–Trinajstić information content (AvgIpc) is 1.61. The Bertz CT molecular complexity index is 4850. The number of halogens is 7. The highest BCUT2D eigenvalue weighted by molar-refractivity contribution is 7.59. The van der Waals surface area contributed by atoms with Crippen molar-refractivity contribution in [3.05, 3.63) is 166 Å². The number of aromatic amines is 2. The molecule has 14 rings (SSSR count). The second-order valence-electron chi connectivity index (χ2n) is 25.2. The van der Waals surface area contributed by atoms with Crippen molar-refractivity contribution >= 4 is 163 Å². The molecule has 2 saturated carbocycles. The number of likely N-dealkylation sites (tertiary alicyclic amines) is 2. The molecule has 4 aromatic heterocycles. The lowest BCUT2D eigenvalue weighted by Crippen LogP contribution is -2.46. The molecule has 0 radical (unpaired) electrons. The number of fused-ring (bicyclic) bond motifs is 6. The molecule has 0 spiro atoms. The van der Waals surface area contributed by atoms with Crippen molar-refractivity contribution in [2.45, 2.75) is 128 Å². The van der Waals surface area contributed by atoms with Gasteiger partial charge in [-0.1, -0.05) is 150 Å². The Kier molecular flexibility index (Phi) is 25.0. The van der Waals surface area contributed by atoms with E-state index in [1.54, 1.807) is 95.9 Å². The number of piperidine rings is 2. The lowest BCUT2D eigenvalue weighted by atomic mass is 9.96. The molecule has 2 saturated heterocycles. The van der Waals surface area contributed by atoms with E-state index in [1.165, 1.54) is 38.1 Å². The van der Waals surface area contributed by atoms with Gasteiger partial charge in [0.25, 0.3) is 0 Å². The number of Topliss-reactive ketones (excluding diaryl/α,β-unsaturated/α-hetero) is 4. The first-order valence-electron chi connectivity index (χ1n) is 31.2. The fraction of sp³-hybridized carbons (Fsp3) is 0.333. The zero-order valence-electron chi connectivity index (χ0n) is 54.9. The highest BCUT2D eigenvalue weighted by atomic mass is 35.6. The number of aromatic nitrogens is 8. The number of imidazole rings is 2. The molecular weight excluding hydrogens is 1430 g/mol. The van der Waals surface area contributed by atoms with Crippen LogP contribution >= 0.6 is 71.5 Å². The molecular formula is C72H71Cl5F2N10O11S. The second-order valence-corrected chi connectivity index (χ2v) is 28.5. The molecule has 2 amide bonds. The number of carbonyl (C=O) groups excluding carboxylic acids is 9. The maximum Gasteiger partial charge on any atom is 0.411 e. The van der Waals surface area contributed by atoms with Gasteiger partial charge in [0.05, 0.1) is 56.9 Å². The average molecular weight is 1500 g/mol. The van der Waals surface area contributed by atoms with E-state index in [-0.39, 0.29) is 111 Å². The number of esters is 1. The Balaban J connectivity index is 0.000000191. The number of hydrogen-bond acceptors (Lipinski definition) is 15. The van der Waals surface area contributed by atoms with Crippen LogP contribution in [-0.2, 0) is 64.7 Å². The quantitative estimate of drug-likeness (QED) is 0.0617. The smallest absolute Gasteiger partial charge is 0.411 e. The van der Waals surface area contributed by atoms with Crippen molar-refractivity contribution in [1.29, 1.82) is 0 Å². The highest BCUT2D eigenvalue weighted by Crippen LogP contribution is 2.50. The number of carbonyl (C=O) groups is 7. The number of nitrogens with one attached hydrogen (secondary N) is 2. The Hall–Kier alpha value is -8.87. The zero-order chi connectivity index (χ0) is 71.5. The first-order chi connectivity index (χ1) is 47.0. The van der Waals surface area contributed by atoms with Gasteiger partial charge in [0, 0.05) is 85.8 Å². The first-order valence-corrected chi connectivity index (χ1v) is 33.1. The van der Waals surface area contributed by atoms with Gasteiger partial charge in [-0.25, -0.2) is 23.5 Å². The molecule has 4 aliphatic rings. The molecule has 530 valence electrons. The molecule has 29 heteroatoms. The summed E-state index contributed by atoms with van der Waals surface area (Å²) in [6.07, 6.45) is 5.51. The van der Waals surface area contributed by atoms with Crippen molar-refractivity contribution in [2.75, 3.05) is 6.61 Å². The Morgan fingerprint density at radius 1 is 0.604 bits per heavy atom. The summed E-state index contributed by atoms with van der Waals surface area (Å²) in [4.78, 5) is 120. The number of ether oxygens (including phenoxy) is 2. The SMILES string of the molecule is C.CC(=O)OCC(Cl)(Cl)Cl.CC(=O)c1nn(C)c2ccccc12.CC(=O)c1nn(CC(=O)N2[C@@H]3C[C@@H]3C[C@H]2C(=O)Cc2cccc(-c3ccc4[nH]cnc4c3Cl)c2F)c2ccccc12.CC(C)(C)OC(=O)N1[C@@H]2C[C@@H]2C[C@H]1C(=O)Cc1cccc(-c2ccc3[nH]cnc3c2Cl)c1F.O=C=O.S. The van der Waals surface area contributed by atoms with Gasteiger partial charge in [-0.3, -0.25) is 43.0 Å². The molecule has 2 N–H and O–H groups in total. The molecule has 6 atom stereocenters. The van der Waals surface area contributed by atoms with Crippen LogP contribution in [0.3, 0.4) is 0 Å². The first kappa shape index (κ1) is 77.9. The van der Waals surface area contributed by atoms with Gasteiger partial charge in [-0.05, 0) is 93.7 Å². The fourth-order valence-electron chi connectivity index (χ4n) is 12.6. The van der Waals surface area contributed by atoms with Gasteiger partial charge in [0.2, 0.25) is 9.70 Å². The third-order valence-electron chi connectivity index (χ3n) is 17.2. The summed E-state index contributed by atoms with van der Waals surface area (Å²) >= 11 is 28.8. The molecule has 2 aliphatic carbocycles. The van der Waals surface area contributed by atoms with Crippen molar-refractivity contribution < 1.29 is 61.4 Å². The zero-order valence-corrected chi connectivity index (χ0v) is 59.7. The predicted molar refractivity (Wildman–Crippen MR) is 385 cm³/mol. The summed E-state index contributed by atoms with van der Waals surface area (Å²) in [7, 11) is 1.84. The summed E-state index contributed by atoms with van der Waals surface area (Å²) in [6.45, 7) is 9.34. The minimum atomic E-state index is -1.49. The van der Waals surface area contributed by atoms with E-state index in [0.29, 0.717) is 84.4 Å². The largest absolute Gasteiger partial charge is 0.461 e. The van der Waals surface area contributed by atoms with Gasteiger partial charge >= 0.3 is 18.2 Å². The normalized spacial score (nSPS) is 17.5. The Morgan fingerprint density at radius 3 is 1.50 bits per heavy atom. The maximum absolute atomic E-state index is 15.8. The molecule has 10 aromatic rings. The number of ketones is 4. The summed E-state index contributed by atoms with van der Waals surface area (Å²) in [5, 5.41) is 10.9. The molecule has 4 fully saturated rings. The van der Waals surface area contributed by atoms with E-state index >= 15 is 8.78 Å². The number of rotatable bonds is 13. The van der Waals surface area contributed by atoms with Crippen LogP contribution in [0.4, 0.5) is 13.6 Å². The monoisotopic (exact) mass is 1500 g/mol. The molecule has 6 heterocycles. The fourth-order valence-corrected chi connectivity index (χ4v) is 13.4. The number of nitrogens with zero attached hydrogens (tertiary/aromatic N) is 8. The van der Waals surface area contributed by atoms with Crippen LogP contribution in [0.5, 0.6) is 0 Å². The third kappa shape index (κ3) is 17.7. The van der Waals surface area contributed by atoms with E-state index in [1.807, 2.05) is 55.6 Å². The van der Waals surface area contributed by atoms with Crippen LogP contribution in [0.15, 0.2) is 122 Å². The lowest BCUT2D eigenvalue weighted by molar-refractivity contribution is -0.191. The Morgan fingerprint density at radius 2 is 1.05 bits per heavy atom. The maximum atomic E-state index is 15.8. The topological polar surface area (TPSA) is 272 Å². The summed E-state index contributed by atoms with van der Waals surface area (Å²) in [5.41, 5.74) is 6.66. The van der Waals surface area contributed by atoms with Gasteiger partial charge in [0.15, 0.2) is 23.1 Å². The van der Waals surface area contributed by atoms with Gasteiger partial charge in [-0.15, -0.1) is 0 Å². The number of benzene rings is 6. The highest BCUT2D eigenvalue weighted by Gasteiger charge is 2.57. The standard InChI is InChI=1S/C31H25ClFN5O3.C25H25ClFN3O3.C10H10N2O.C4H5Cl3O2.CO2.CH4.H2S/c1-16(39)30-21-6-2-3-8-23(21)37(36-30)14-27(41)38-24-11-18(24)12-25(38)26(40)13-17-5-4-7-20(29(17)33)19-9-10-22-31(28(19)32)35-15-34-22;1-25(2,3)33-24(32)30-18-9-14(18)10-19(30)20(31)11-13-5-4-6-16(22(13)27)15-7-8-17-23(21(15)26)29-12-28-17;1-7(13)10-8-5-3-4-6-9(8)12(2)11-10;1-3(8)9-2-4(5,6)7;2-1-3;;/h2-10,15,18,24-25H,11-14H2,1H3,(H,34,35);4-8,12,14,18-19H,9-11H2,1-3H3,(H,28,29);3-6H,1-2H3;2H2,1H3;;1H4;1H2/t18-,24-,25+;14-,18-,19+;;;;;/m11...../s1.